The van der Waals surface area contributed by atoms with Gasteiger partial charge in [0, 0.05) is 22.9 Å². The average molecular weight is 940 g/mol. The maximum absolute atomic E-state index is 11.5. The molecule has 0 saturated carbocycles. The van der Waals surface area contributed by atoms with Gasteiger partial charge in [-0.05, 0) is 59.0 Å². The molecule has 0 amide bonds. The molecule has 0 fully saturated rings. The fourth-order valence-corrected chi connectivity index (χ4v) is 6.64. The second-order valence-electron chi connectivity index (χ2n) is 11.8. The molecule has 0 atom stereocenters. The van der Waals surface area contributed by atoms with E-state index in [4.69, 9.17) is 0 Å². The molecule has 4 N–H and O–H groups in total. The Kier molecular flexibility index (Phi) is 14.4. The Hall–Kier alpha value is -5.17. The zero-order valence-corrected chi connectivity index (χ0v) is 36.0. The summed E-state index contributed by atoms with van der Waals surface area (Å²) in [6.45, 7) is 3.73. The van der Waals surface area contributed by atoms with Crippen LogP contribution in [0, 0.1) is 9.81 Å². The first-order valence-electron chi connectivity index (χ1n) is 16.3. The fraction of sp³-hybridized carbons (Fsp3) is 0.111. The van der Waals surface area contributed by atoms with Gasteiger partial charge < -0.3 is 19.3 Å². The van der Waals surface area contributed by atoms with Crippen LogP contribution in [-0.4, -0.2) is 105 Å². The summed E-state index contributed by atoms with van der Waals surface area (Å²) in [4.78, 5) is 20.5. The molecule has 18 nitrogen and oxygen atoms in total. The first kappa shape index (κ1) is 44.5. The number of aromatic hydroxyl groups is 2. The predicted molar refractivity (Wildman–Crippen MR) is 203 cm³/mol. The van der Waals surface area contributed by atoms with Crippen LogP contribution in [0.5, 0.6) is 11.5 Å². The van der Waals surface area contributed by atoms with Crippen molar-refractivity contribution in [2.75, 3.05) is 0 Å². The third-order valence-corrected chi connectivity index (χ3v) is 9.98. The second-order valence-corrected chi connectivity index (χ2v) is 14.5. The third kappa shape index (κ3) is 10.2. The first-order valence-corrected chi connectivity index (χ1v) is 19.1. The maximum Gasteiger partial charge on any atom is 2.00 e. The van der Waals surface area contributed by atoms with Crippen LogP contribution in [0.3, 0.4) is 0 Å². The van der Waals surface area contributed by atoms with Gasteiger partial charge >= 0.3 is 60.3 Å². The van der Waals surface area contributed by atoms with Crippen LogP contribution in [-0.2, 0) is 33.1 Å². The van der Waals surface area contributed by atoms with Crippen molar-refractivity contribution in [1.29, 1.82) is 0 Å². The van der Waals surface area contributed by atoms with E-state index in [0.29, 0.717) is 34.4 Å². The molecule has 0 aliphatic carbocycles. The molecule has 0 aliphatic heterocycles. The van der Waals surface area contributed by atoms with Gasteiger partial charge in [0.2, 0.25) is 0 Å². The Balaban J connectivity index is 0.000000248. The number of phenolic OH excluding ortho intramolecular Hbond substituents is 2. The minimum absolute atomic E-state index is 0. The second kappa shape index (κ2) is 18.4. The molecule has 57 heavy (non-hydrogen) atoms. The van der Waals surface area contributed by atoms with Crippen molar-refractivity contribution in [3.05, 3.63) is 118 Å². The number of hydrogen-bond donors (Lipinski definition) is 4. The summed E-state index contributed by atoms with van der Waals surface area (Å²) in [5.74, 6) is -1.68. The Morgan fingerprint density at radius 2 is 0.912 bits per heavy atom. The van der Waals surface area contributed by atoms with E-state index in [1.165, 1.54) is 24.3 Å². The predicted octanol–water partition coefficient (Wildman–Crippen LogP) is 8.07. The van der Waals surface area contributed by atoms with Crippen molar-refractivity contribution in [1.82, 2.24) is 0 Å². The van der Waals surface area contributed by atoms with Gasteiger partial charge in [-0.25, -0.2) is 27.3 Å². The number of nitrogens with zero attached hydrogens (tertiary/aromatic N) is 6. The Bertz CT molecular complexity index is 2640. The van der Waals surface area contributed by atoms with E-state index in [9.17, 15) is 56.4 Å². The summed E-state index contributed by atoms with van der Waals surface area (Å²) in [6.07, 6.45) is 1.24. The normalized spacial score (nSPS) is 11.7. The molecular weight excluding hydrogens is 910 g/mol. The molecule has 0 unspecified atom stereocenters. The van der Waals surface area contributed by atoms with Crippen molar-refractivity contribution in [3.8, 4) is 11.5 Å². The van der Waals surface area contributed by atoms with Gasteiger partial charge in [0.25, 0.3) is 9.85 Å². The minimum atomic E-state index is -4.96. The van der Waals surface area contributed by atoms with Gasteiger partial charge in [0.1, 0.15) is 31.6 Å². The first-order chi connectivity index (χ1) is 26.4. The Morgan fingerprint density at radius 1 is 0.561 bits per heavy atom. The van der Waals surface area contributed by atoms with Crippen LogP contribution in [0.15, 0.2) is 127 Å². The smallest absolute Gasteiger partial charge is 0.744 e. The number of phenols is 2. The third-order valence-electron chi connectivity index (χ3n) is 8.28. The molecule has 21 heteroatoms. The quantitative estimate of drug-likeness (QED) is 0.0439. The minimum Gasteiger partial charge on any atom is -0.744 e. The molecule has 0 heterocycles. The number of hydrogen-bond acceptors (Lipinski definition) is 14. The summed E-state index contributed by atoms with van der Waals surface area (Å²) < 4.78 is 68.8. The van der Waals surface area contributed by atoms with Crippen molar-refractivity contribution < 1.29 is 56.4 Å². The van der Waals surface area contributed by atoms with Crippen LogP contribution < -0.4 is 0 Å². The van der Waals surface area contributed by atoms with Gasteiger partial charge in [-0.1, -0.05) is 74.5 Å². The summed E-state index contributed by atoms with van der Waals surface area (Å²) in [7, 11) is -9.92. The van der Waals surface area contributed by atoms with E-state index in [-0.39, 0.29) is 92.9 Å². The van der Waals surface area contributed by atoms with Gasteiger partial charge in [-0.15, -0.1) is 20.5 Å². The number of aryl methyl sites for hydroxylation is 2. The average Bonchev–Trinajstić information content (AvgIpc) is 3.16. The molecular formula is C36H30BaN6O12S2+2. The van der Waals surface area contributed by atoms with Crippen LogP contribution in [0.4, 0.5) is 34.1 Å². The Labute approximate surface area is 364 Å². The molecule has 0 spiro atoms. The molecule has 6 aromatic rings. The topological polar surface area (TPSA) is 285 Å². The number of rotatable bonds is 10. The van der Waals surface area contributed by atoms with Gasteiger partial charge in [-0.2, -0.15) is 0 Å². The molecule has 6 rings (SSSR count). The molecule has 288 valence electrons. The SMILES string of the molecule is CCc1ccc(N=Nc2c(O)c(S(=O)(=O)[O-])cc3ccccc23)c([N+](=O)O)c1.CCc1ccc(N=Nc2c(O)c(S(=O)(=O)[O-])cc3ccccc23)c([N+](=O)O)c1.[Ba+2]. The standard InChI is InChI=1S/2C18H15N3O6S.Ba/c2*1-2-11-7-8-14(15(9-11)21(23)24)19-20-17-13-6-4-3-5-12(13)10-16(18(17)22)28(25,26)27;/h2*3-10H,2H2,1H3,(H2-,19,22,23,24,25,26,27);/q;;+2. The number of benzene rings is 6. The van der Waals surface area contributed by atoms with Crippen LogP contribution in [0.25, 0.3) is 21.5 Å². The van der Waals surface area contributed by atoms with E-state index in [2.05, 4.69) is 20.5 Å². The zero-order valence-electron chi connectivity index (χ0n) is 29.9. The van der Waals surface area contributed by atoms with E-state index < -0.39 is 41.5 Å². The number of fused-ring (bicyclic) bond motifs is 2. The largest absolute Gasteiger partial charge is 2.00 e. The summed E-state index contributed by atoms with van der Waals surface area (Å²) in [5, 5.41) is 56.1. The van der Waals surface area contributed by atoms with Crippen molar-refractivity contribution in [2.45, 2.75) is 36.5 Å². The number of azo groups is 2. The van der Waals surface area contributed by atoms with E-state index in [1.807, 2.05) is 13.8 Å². The van der Waals surface area contributed by atoms with Crippen LogP contribution in [0.2, 0.25) is 0 Å². The summed E-state index contributed by atoms with van der Waals surface area (Å²) >= 11 is 0. The summed E-state index contributed by atoms with van der Waals surface area (Å²) in [6, 6.07) is 24.0. The van der Waals surface area contributed by atoms with E-state index in [0.717, 1.165) is 23.3 Å². The monoisotopic (exact) mass is 940 g/mol. The molecule has 0 aromatic heterocycles. The van der Waals surface area contributed by atoms with E-state index >= 15 is 0 Å². The summed E-state index contributed by atoms with van der Waals surface area (Å²) in [5.41, 5.74) is 0.719. The van der Waals surface area contributed by atoms with Crippen LogP contribution in [0.1, 0.15) is 25.0 Å². The van der Waals surface area contributed by atoms with Crippen LogP contribution >= 0.6 is 0 Å². The fourth-order valence-electron chi connectivity index (χ4n) is 5.43. The van der Waals surface area contributed by atoms with Crippen molar-refractivity contribution >= 4 is 125 Å². The molecule has 0 saturated heterocycles. The zero-order chi connectivity index (χ0) is 40.9. The van der Waals surface area contributed by atoms with Gasteiger partial charge in [0.15, 0.2) is 22.9 Å². The molecule has 0 bridgehead atoms. The molecule has 6 aromatic carbocycles. The van der Waals surface area contributed by atoms with Crippen molar-refractivity contribution in [3.63, 3.8) is 0 Å². The van der Waals surface area contributed by atoms with Gasteiger partial charge in [0.05, 0.1) is 19.6 Å². The van der Waals surface area contributed by atoms with E-state index in [1.54, 1.807) is 60.7 Å². The maximum atomic E-state index is 11.5. The molecule has 0 aliphatic rings. The van der Waals surface area contributed by atoms with Crippen molar-refractivity contribution in [2.24, 2.45) is 20.5 Å². The van der Waals surface area contributed by atoms with Gasteiger partial charge in [-0.3, -0.25) is 0 Å². The Morgan fingerprint density at radius 3 is 1.23 bits per heavy atom. The molecule has 0 radical (unpaired) electrons.